The van der Waals surface area contributed by atoms with E-state index in [9.17, 15) is 4.79 Å². The van der Waals surface area contributed by atoms with Crippen molar-refractivity contribution < 1.29 is 9.53 Å². The smallest absolute Gasteiger partial charge is 0.274 e. The molecule has 1 N–H and O–H groups in total. The first-order valence-electron chi connectivity index (χ1n) is 6.53. The van der Waals surface area contributed by atoms with Gasteiger partial charge < -0.3 is 10.1 Å². The fourth-order valence-electron chi connectivity index (χ4n) is 1.97. The maximum Gasteiger partial charge on any atom is 0.274 e. The molecule has 1 amide bonds. The molecule has 1 heterocycles. The number of nitrogens with one attached hydrogen (secondary N) is 1. The SMILES string of the molecule is COc1ccc(NC(=O)c2cc(C3CC3)ncn2)cc1. The van der Waals surface area contributed by atoms with Crippen molar-refractivity contribution in [1.82, 2.24) is 9.97 Å². The van der Waals surface area contributed by atoms with Crippen LogP contribution in [0.2, 0.25) is 0 Å². The van der Waals surface area contributed by atoms with Crippen LogP contribution in [0.15, 0.2) is 36.7 Å². The molecule has 3 rings (SSSR count). The summed E-state index contributed by atoms with van der Waals surface area (Å²) in [6.45, 7) is 0. The summed E-state index contributed by atoms with van der Waals surface area (Å²) in [5.41, 5.74) is 2.07. The fourth-order valence-corrected chi connectivity index (χ4v) is 1.97. The number of benzene rings is 1. The second kappa shape index (κ2) is 5.28. The van der Waals surface area contributed by atoms with E-state index in [1.54, 1.807) is 37.4 Å². The van der Waals surface area contributed by atoms with E-state index in [-0.39, 0.29) is 5.91 Å². The van der Waals surface area contributed by atoms with Crippen LogP contribution in [-0.4, -0.2) is 23.0 Å². The van der Waals surface area contributed by atoms with E-state index >= 15 is 0 Å². The summed E-state index contributed by atoms with van der Waals surface area (Å²) in [7, 11) is 1.61. The van der Waals surface area contributed by atoms with Gasteiger partial charge in [-0.2, -0.15) is 0 Å². The molecule has 0 radical (unpaired) electrons. The highest BCUT2D eigenvalue weighted by Gasteiger charge is 2.25. The van der Waals surface area contributed by atoms with Gasteiger partial charge in [0, 0.05) is 17.3 Å². The number of amides is 1. The van der Waals surface area contributed by atoms with Crippen molar-refractivity contribution in [3.63, 3.8) is 0 Å². The molecule has 0 atom stereocenters. The van der Waals surface area contributed by atoms with E-state index in [2.05, 4.69) is 15.3 Å². The first-order valence-corrected chi connectivity index (χ1v) is 6.53. The van der Waals surface area contributed by atoms with E-state index in [0.29, 0.717) is 17.3 Å². The summed E-state index contributed by atoms with van der Waals surface area (Å²) in [4.78, 5) is 20.4. The molecule has 2 aromatic rings. The highest BCUT2D eigenvalue weighted by atomic mass is 16.5. The minimum atomic E-state index is -0.223. The zero-order valence-corrected chi connectivity index (χ0v) is 11.2. The average Bonchev–Trinajstić information content (AvgIpc) is 3.33. The molecular formula is C15H15N3O2. The quantitative estimate of drug-likeness (QED) is 0.926. The van der Waals surface area contributed by atoms with E-state index in [1.807, 2.05) is 0 Å². The molecule has 1 aliphatic rings. The Morgan fingerprint density at radius 2 is 2.00 bits per heavy atom. The van der Waals surface area contributed by atoms with E-state index in [0.717, 1.165) is 24.3 Å². The van der Waals surface area contributed by atoms with Crippen LogP contribution >= 0.6 is 0 Å². The molecule has 5 nitrogen and oxygen atoms in total. The van der Waals surface area contributed by atoms with Crippen molar-refractivity contribution in [3.05, 3.63) is 48.0 Å². The monoisotopic (exact) mass is 269 g/mol. The number of carbonyl (C=O) groups excluding carboxylic acids is 1. The molecule has 1 aromatic carbocycles. The van der Waals surface area contributed by atoms with Gasteiger partial charge in [-0.05, 0) is 43.2 Å². The third-order valence-corrected chi connectivity index (χ3v) is 3.26. The summed E-state index contributed by atoms with van der Waals surface area (Å²) in [6.07, 6.45) is 3.75. The fraction of sp³-hybridized carbons (Fsp3) is 0.267. The van der Waals surface area contributed by atoms with Crippen molar-refractivity contribution in [2.45, 2.75) is 18.8 Å². The van der Waals surface area contributed by atoms with Crippen molar-refractivity contribution in [2.24, 2.45) is 0 Å². The third kappa shape index (κ3) is 2.77. The van der Waals surface area contributed by atoms with Gasteiger partial charge in [0.05, 0.1) is 7.11 Å². The lowest BCUT2D eigenvalue weighted by molar-refractivity contribution is 0.102. The zero-order chi connectivity index (χ0) is 13.9. The van der Waals surface area contributed by atoms with Gasteiger partial charge in [0.2, 0.25) is 0 Å². The second-order valence-electron chi connectivity index (χ2n) is 4.79. The van der Waals surface area contributed by atoms with Crippen LogP contribution in [0.1, 0.15) is 34.9 Å². The Morgan fingerprint density at radius 1 is 1.25 bits per heavy atom. The normalized spacial score (nSPS) is 13.8. The Kier molecular flexibility index (Phi) is 3.33. The van der Waals surface area contributed by atoms with Gasteiger partial charge in [-0.3, -0.25) is 4.79 Å². The number of methoxy groups -OCH3 is 1. The summed E-state index contributed by atoms with van der Waals surface area (Å²) in [5, 5.41) is 2.81. The molecule has 0 saturated heterocycles. The lowest BCUT2D eigenvalue weighted by atomic mass is 10.2. The average molecular weight is 269 g/mol. The van der Waals surface area contributed by atoms with E-state index < -0.39 is 0 Å². The van der Waals surface area contributed by atoms with Crippen LogP contribution in [0.3, 0.4) is 0 Å². The molecule has 1 fully saturated rings. The Labute approximate surface area is 117 Å². The van der Waals surface area contributed by atoms with E-state index in [4.69, 9.17) is 4.74 Å². The van der Waals surface area contributed by atoms with Crippen LogP contribution in [0, 0.1) is 0 Å². The van der Waals surface area contributed by atoms with Crippen LogP contribution in [-0.2, 0) is 0 Å². The number of hydrogen-bond acceptors (Lipinski definition) is 4. The van der Waals surface area contributed by atoms with Gasteiger partial charge in [0.15, 0.2) is 0 Å². The van der Waals surface area contributed by atoms with Crippen molar-refractivity contribution in [2.75, 3.05) is 12.4 Å². The standard InChI is InChI=1S/C15H15N3O2/c1-20-12-6-4-11(5-7-12)18-15(19)14-8-13(10-2-3-10)16-9-17-14/h4-10H,2-3H2,1H3,(H,18,19). The number of aromatic nitrogens is 2. The van der Waals surface area contributed by atoms with Crippen LogP contribution in [0.4, 0.5) is 5.69 Å². The number of carbonyl (C=O) groups is 1. The first-order chi connectivity index (χ1) is 9.76. The Balaban J connectivity index is 1.73. The van der Waals surface area contributed by atoms with Gasteiger partial charge in [0.1, 0.15) is 17.8 Å². The molecule has 102 valence electrons. The Morgan fingerprint density at radius 3 is 2.65 bits per heavy atom. The topological polar surface area (TPSA) is 64.1 Å². The van der Waals surface area contributed by atoms with Gasteiger partial charge in [0.25, 0.3) is 5.91 Å². The molecular weight excluding hydrogens is 254 g/mol. The minimum Gasteiger partial charge on any atom is -0.497 e. The molecule has 1 aliphatic carbocycles. The predicted molar refractivity (Wildman–Crippen MR) is 75.0 cm³/mol. The maximum atomic E-state index is 12.1. The summed E-state index contributed by atoms with van der Waals surface area (Å²) in [5.74, 6) is 1.03. The number of anilines is 1. The highest BCUT2D eigenvalue weighted by molar-refractivity contribution is 6.02. The lowest BCUT2D eigenvalue weighted by Crippen LogP contribution is -2.14. The largest absolute Gasteiger partial charge is 0.497 e. The molecule has 20 heavy (non-hydrogen) atoms. The number of nitrogens with zero attached hydrogens (tertiary/aromatic N) is 2. The first kappa shape index (κ1) is 12.6. The highest BCUT2D eigenvalue weighted by Crippen LogP contribution is 2.38. The molecule has 5 heteroatoms. The Hall–Kier alpha value is -2.43. The number of hydrogen-bond donors (Lipinski definition) is 1. The predicted octanol–water partition coefficient (Wildman–Crippen LogP) is 2.61. The molecule has 1 saturated carbocycles. The zero-order valence-electron chi connectivity index (χ0n) is 11.2. The molecule has 0 unspecified atom stereocenters. The van der Waals surface area contributed by atoms with E-state index in [1.165, 1.54) is 6.33 Å². The van der Waals surface area contributed by atoms with Crippen molar-refractivity contribution in [1.29, 1.82) is 0 Å². The molecule has 1 aromatic heterocycles. The second-order valence-corrected chi connectivity index (χ2v) is 4.79. The third-order valence-electron chi connectivity index (χ3n) is 3.26. The molecule has 0 aliphatic heterocycles. The number of ether oxygens (including phenoxy) is 1. The van der Waals surface area contributed by atoms with Crippen LogP contribution in [0.25, 0.3) is 0 Å². The number of rotatable bonds is 4. The van der Waals surface area contributed by atoms with Crippen LogP contribution < -0.4 is 10.1 Å². The van der Waals surface area contributed by atoms with Gasteiger partial charge in [-0.1, -0.05) is 0 Å². The van der Waals surface area contributed by atoms with Crippen molar-refractivity contribution >= 4 is 11.6 Å². The van der Waals surface area contributed by atoms with Gasteiger partial charge in [-0.15, -0.1) is 0 Å². The summed E-state index contributed by atoms with van der Waals surface area (Å²) in [6, 6.07) is 8.95. The Bertz CT molecular complexity index is 621. The van der Waals surface area contributed by atoms with Crippen molar-refractivity contribution in [3.8, 4) is 5.75 Å². The van der Waals surface area contributed by atoms with Crippen LogP contribution in [0.5, 0.6) is 5.75 Å². The molecule has 0 spiro atoms. The summed E-state index contributed by atoms with van der Waals surface area (Å²) < 4.78 is 5.07. The summed E-state index contributed by atoms with van der Waals surface area (Å²) >= 11 is 0. The maximum absolute atomic E-state index is 12.1. The lowest BCUT2D eigenvalue weighted by Gasteiger charge is -2.06. The minimum absolute atomic E-state index is 0.223. The van der Waals surface area contributed by atoms with Gasteiger partial charge >= 0.3 is 0 Å². The molecule has 0 bridgehead atoms. The van der Waals surface area contributed by atoms with Gasteiger partial charge in [-0.25, -0.2) is 9.97 Å².